The van der Waals surface area contributed by atoms with Crippen LogP contribution in [0.15, 0.2) is 29.3 Å². The lowest BCUT2D eigenvalue weighted by Gasteiger charge is -2.20. The van der Waals surface area contributed by atoms with E-state index in [2.05, 4.69) is 46.3 Å². The molecule has 29 heavy (non-hydrogen) atoms. The number of hydrogen-bond donors (Lipinski definition) is 2. The topological polar surface area (TPSA) is 52.1 Å². The fraction of sp³-hybridized carbons (Fsp3) is 0.682. The molecule has 0 radical (unpaired) electrons. The van der Waals surface area contributed by atoms with Crippen molar-refractivity contribution in [3.05, 3.63) is 30.1 Å². The highest BCUT2D eigenvalue weighted by molar-refractivity contribution is 5.79. The summed E-state index contributed by atoms with van der Waals surface area (Å²) in [6, 6.07) is 6.27. The number of hydrogen-bond acceptors (Lipinski definition) is 4. The summed E-state index contributed by atoms with van der Waals surface area (Å²) in [6.45, 7) is 12.1. The molecular weight excluding hydrogens is 369 g/mol. The third kappa shape index (κ3) is 9.45. The van der Waals surface area contributed by atoms with Crippen molar-refractivity contribution in [1.82, 2.24) is 20.4 Å². The Labute approximate surface area is 175 Å². The Bertz CT molecular complexity index is 613. The molecule has 1 saturated heterocycles. The van der Waals surface area contributed by atoms with Gasteiger partial charge in [0, 0.05) is 32.2 Å². The molecule has 164 valence electrons. The zero-order valence-corrected chi connectivity index (χ0v) is 18.3. The van der Waals surface area contributed by atoms with Gasteiger partial charge in [0.2, 0.25) is 0 Å². The number of halogens is 1. The van der Waals surface area contributed by atoms with Crippen molar-refractivity contribution in [3.63, 3.8) is 0 Å². The second-order valence-corrected chi connectivity index (χ2v) is 7.60. The molecule has 0 amide bonds. The summed E-state index contributed by atoms with van der Waals surface area (Å²) < 4.78 is 19.2. The summed E-state index contributed by atoms with van der Waals surface area (Å²) in [5, 5.41) is 6.72. The predicted octanol–water partition coefficient (Wildman–Crippen LogP) is 2.57. The van der Waals surface area contributed by atoms with Crippen molar-refractivity contribution in [2.45, 2.75) is 39.2 Å². The Kier molecular flexibility index (Phi) is 10.8. The standard InChI is InChI=1S/C22H38FN5O/c1-4-20(29-21-10-6-9-19(23)17-21)18-26-22(24-5-2)25-11-7-13-28-14-8-12-27(3)15-16-28/h6,9-10,17,20H,4-5,7-8,11-16,18H2,1-3H3,(H2,24,25,26). The molecule has 1 heterocycles. The Balaban J connectivity index is 1.75. The maximum atomic E-state index is 13.4. The van der Waals surface area contributed by atoms with E-state index in [1.807, 2.05) is 0 Å². The SMILES string of the molecule is CCNC(=NCC(CC)Oc1cccc(F)c1)NCCCN1CCCN(C)CC1. The number of nitrogens with zero attached hydrogens (tertiary/aromatic N) is 3. The van der Waals surface area contributed by atoms with Crippen LogP contribution >= 0.6 is 0 Å². The fourth-order valence-electron chi connectivity index (χ4n) is 3.35. The van der Waals surface area contributed by atoms with Crippen LogP contribution < -0.4 is 15.4 Å². The van der Waals surface area contributed by atoms with Crippen LogP contribution in [0.2, 0.25) is 0 Å². The predicted molar refractivity (Wildman–Crippen MR) is 118 cm³/mol. The fourth-order valence-corrected chi connectivity index (χ4v) is 3.35. The number of ether oxygens (including phenoxy) is 1. The van der Waals surface area contributed by atoms with E-state index in [4.69, 9.17) is 4.74 Å². The van der Waals surface area contributed by atoms with Gasteiger partial charge in [0.15, 0.2) is 5.96 Å². The summed E-state index contributed by atoms with van der Waals surface area (Å²) in [5.41, 5.74) is 0. The highest BCUT2D eigenvalue weighted by Gasteiger charge is 2.12. The third-order valence-electron chi connectivity index (χ3n) is 5.11. The van der Waals surface area contributed by atoms with Crippen LogP contribution in [0.5, 0.6) is 5.75 Å². The lowest BCUT2D eigenvalue weighted by Crippen LogP contribution is -2.40. The number of benzene rings is 1. The number of nitrogens with one attached hydrogen (secondary N) is 2. The molecule has 1 unspecified atom stereocenters. The zero-order chi connectivity index (χ0) is 20.9. The Morgan fingerprint density at radius 3 is 2.83 bits per heavy atom. The van der Waals surface area contributed by atoms with Crippen molar-refractivity contribution in [2.24, 2.45) is 4.99 Å². The smallest absolute Gasteiger partial charge is 0.191 e. The molecule has 7 heteroatoms. The maximum absolute atomic E-state index is 13.4. The minimum absolute atomic E-state index is 0.0821. The summed E-state index contributed by atoms with van der Waals surface area (Å²) in [5.74, 6) is 1.07. The van der Waals surface area contributed by atoms with E-state index in [9.17, 15) is 4.39 Å². The van der Waals surface area contributed by atoms with E-state index in [1.54, 1.807) is 12.1 Å². The quantitative estimate of drug-likeness (QED) is 0.355. The second-order valence-electron chi connectivity index (χ2n) is 7.60. The van der Waals surface area contributed by atoms with E-state index in [1.165, 1.54) is 31.6 Å². The molecule has 1 aromatic carbocycles. The molecule has 1 aliphatic heterocycles. The average Bonchev–Trinajstić information content (AvgIpc) is 2.92. The van der Waals surface area contributed by atoms with E-state index in [0.29, 0.717) is 12.3 Å². The summed E-state index contributed by atoms with van der Waals surface area (Å²) in [7, 11) is 2.20. The minimum atomic E-state index is -0.285. The lowest BCUT2D eigenvalue weighted by atomic mass is 10.2. The maximum Gasteiger partial charge on any atom is 0.191 e. The van der Waals surface area contributed by atoms with Gasteiger partial charge in [-0.25, -0.2) is 9.38 Å². The van der Waals surface area contributed by atoms with Crippen LogP contribution in [0.4, 0.5) is 4.39 Å². The van der Waals surface area contributed by atoms with Crippen molar-refractivity contribution >= 4 is 5.96 Å². The first-order chi connectivity index (χ1) is 14.1. The Morgan fingerprint density at radius 1 is 1.21 bits per heavy atom. The van der Waals surface area contributed by atoms with Crippen LogP contribution in [-0.4, -0.2) is 81.3 Å². The number of rotatable bonds is 10. The molecule has 1 fully saturated rings. The highest BCUT2D eigenvalue weighted by Crippen LogP contribution is 2.15. The van der Waals surface area contributed by atoms with Crippen molar-refractivity contribution in [3.8, 4) is 5.75 Å². The van der Waals surface area contributed by atoms with E-state index >= 15 is 0 Å². The summed E-state index contributed by atoms with van der Waals surface area (Å²) in [6.07, 6.45) is 3.06. The molecule has 1 aliphatic rings. The van der Waals surface area contributed by atoms with Crippen molar-refractivity contribution < 1.29 is 9.13 Å². The van der Waals surface area contributed by atoms with Crippen LogP contribution in [0, 0.1) is 5.82 Å². The van der Waals surface area contributed by atoms with Crippen LogP contribution in [0.25, 0.3) is 0 Å². The molecule has 1 atom stereocenters. The van der Waals surface area contributed by atoms with Gasteiger partial charge in [-0.1, -0.05) is 13.0 Å². The van der Waals surface area contributed by atoms with E-state index in [-0.39, 0.29) is 11.9 Å². The Morgan fingerprint density at radius 2 is 2.07 bits per heavy atom. The molecule has 0 aromatic heterocycles. The first kappa shape index (κ1) is 23.4. The van der Waals surface area contributed by atoms with Gasteiger partial charge >= 0.3 is 0 Å². The molecule has 2 N–H and O–H groups in total. The first-order valence-corrected chi connectivity index (χ1v) is 11.0. The summed E-state index contributed by atoms with van der Waals surface area (Å²) in [4.78, 5) is 9.63. The number of guanidine groups is 1. The molecule has 2 rings (SSSR count). The molecular formula is C22H38FN5O. The molecule has 0 aliphatic carbocycles. The van der Waals surface area contributed by atoms with Crippen molar-refractivity contribution in [1.29, 1.82) is 0 Å². The minimum Gasteiger partial charge on any atom is -0.488 e. The largest absolute Gasteiger partial charge is 0.488 e. The lowest BCUT2D eigenvalue weighted by molar-refractivity contribution is 0.205. The number of aliphatic imine (C=N–C) groups is 1. The average molecular weight is 408 g/mol. The molecule has 6 nitrogen and oxygen atoms in total. The normalized spacial score (nSPS) is 17.6. The van der Waals surface area contributed by atoms with Gasteiger partial charge in [-0.2, -0.15) is 0 Å². The Hall–Kier alpha value is -1.86. The van der Waals surface area contributed by atoms with Gasteiger partial charge in [0.25, 0.3) is 0 Å². The van der Waals surface area contributed by atoms with Gasteiger partial charge in [0.1, 0.15) is 17.7 Å². The van der Waals surface area contributed by atoms with Crippen LogP contribution in [0.3, 0.4) is 0 Å². The highest BCUT2D eigenvalue weighted by atomic mass is 19.1. The number of likely N-dealkylation sites (N-methyl/N-ethyl adjacent to an activating group) is 1. The molecule has 0 bridgehead atoms. The second kappa shape index (κ2) is 13.4. The molecule has 0 spiro atoms. The van der Waals surface area contributed by atoms with E-state index in [0.717, 1.165) is 51.5 Å². The monoisotopic (exact) mass is 407 g/mol. The molecule has 0 saturated carbocycles. The molecule has 1 aromatic rings. The van der Waals surface area contributed by atoms with Gasteiger partial charge < -0.3 is 25.2 Å². The first-order valence-electron chi connectivity index (χ1n) is 11.0. The zero-order valence-electron chi connectivity index (χ0n) is 18.3. The van der Waals surface area contributed by atoms with E-state index < -0.39 is 0 Å². The van der Waals surface area contributed by atoms with Crippen LogP contribution in [-0.2, 0) is 0 Å². The summed E-state index contributed by atoms with van der Waals surface area (Å²) >= 11 is 0. The van der Waals surface area contributed by atoms with Gasteiger partial charge in [-0.3, -0.25) is 0 Å². The van der Waals surface area contributed by atoms with Gasteiger partial charge in [0.05, 0.1) is 6.54 Å². The third-order valence-corrected chi connectivity index (χ3v) is 5.11. The van der Waals surface area contributed by atoms with Crippen molar-refractivity contribution in [2.75, 3.05) is 59.4 Å². The van der Waals surface area contributed by atoms with Crippen LogP contribution in [0.1, 0.15) is 33.1 Å². The van der Waals surface area contributed by atoms with Gasteiger partial charge in [-0.05, 0) is 65.0 Å². The van der Waals surface area contributed by atoms with Gasteiger partial charge in [-0.15, -0.1) is 0 Å².